The summed E-state index contributed by atoms with van der Waals surface area (Å²) in [5, 5.41) is 10.0. The minimum absolute atomic E-state index is 0.410. The smallest absolute Gasteiger partial charge is 0.391 e. The highest BCUT2D eigenvalue weighted by molar-refractivity contribution is 5.85. The Morgan fingerprint density at radius 2 is 2.00 bits per heavy atom. The number of ether oxygens (including phenoxy) is 1. The van der Waals surface area contributed by atoms with Crippen molar-refractivity contribution in [3.8, 4) is 5.75 Å². The van der Waals surface area contributed by atoms with Gasteiger partial charge in [-0.15, -0.1) is 0 Å². The Morgan fingerprint density at radius 3 is 2.70 bits per heavy atom. The summed E-state index contributed by atoms with van der Waals surface area (Å²) in [5.41, 5.74) is 1.54. The molecule has 0 fully saturated rings. The van der Waals surface area contributed by atoms with Gasteiger partial charge in [0.1, 0.15) is 12.4 Å². The van der Waals surface area contributed by atoms with E-state index in [2.05, 4.69) is 4.98 Å². The summed E-state index contributed by atoms with van der Waals surface area (Å²) in [4.78, 5) is 4.30. The third-order valence-electron chi connectivity index (χ3n) is 2.73. The molecule has 1 atom stereocenters. The lowest BCUT2D eigenvalue weighted by atomic mass is 10.2. The second kappa shape index (κ2) is 5.66. The first-order valence-corrected chi connectivity index (χ1v) is 6.09. The van der Waals surface area contributed by atoms with Crippen molar-refractivity contribution in [2.24, 2.45) is 0 Å². The van der Waals surface area contributed by atoms with Gasteiger partial charge < -0.3 is 9.84 Å². The third kappa shape index (κ3) is 3.84. The number of fused-ring (bicyclic) bond motifs is 1. The summed E-state index contributed by atoms with van der Waals surface area (Å²) < 4.78 is 41.6. The largest absolute Gasteiger partial charge is 0.490 e. The molecule has 2 aromatic rings. The van der Waals surface area contributed by atoms with E-state index in [0.29, 0.717) is 16.7 Å². The average Bonchev–Trinajstić information content (AvgIpc) is 2.33. The lowest BCUT2D eigenvalue weighted by Gasteiger charge is -2.15. The Balaban J connectivity index is 2.10. The minimum Gasteiger partial charge on any atom is -0.490 e. The van der Waals surface area contributed by atoms with Crippen molar-refractivity contribution in [3.63, 3.8) is 0 Å². The second-order valence-electron chi connectivity index (χ2n) is 4.56. The molecule has 1 aromatic heterocycles. The van der Waals surface area contributed by atoms with E-state index < -0.39 is 25.3 Å². The summed E-state index contributed by atoms with van der Waals surface area (Å²) in [6.07, 6.45) is -7.27. The van der Waals surface area contributed by atoms with Crippen molar-refractivity contribution in [1.82, 2.24) is 4.98 Å². The van der Waals surface area contributed by atoms with Crippen LogP contribution in [-0.2, 0) is 0 Å². The van der Waals surface area contributed by atoms with Crippen molar-refractivity contribution < 1.29 is 23.0 Å². The third-order valence-corrected chi connectivity index (χ3v) is 2.73. The van der Waals surface area contributed by atoms with Crippen LogP contribution in [0.5, 0.6) is 5.75 Å². The van der Waals surface area contributed by atoms with Crippen molar-refractivity contribution >= 4 is 10.9 Å². The van der Waals surface area contributed by atoms with E-state index in [-0.39, 0.29) is 0 Å². The highest BCUT2D eigenvalue weighted by Gasteiger charge is 2.31. The quantitative estimate of drug-likeness (QED) is 0.937. The molecule has 0 saturated carbocycles. The number of halogens is 3. The van der Waals surface area contributed by atoms with Crippen LogP contribution in [0, 0.1) is 6.92 Å². The number of aryl methyl sites for hydroxylation is 1. The van der Waals surface area contributed by atoms with Gasteiger partial charge in [-0.1, -0.05) is 6.07 Å². The number of pyridine rings is 1. The van der Waals surface area contributed by atoms with E-state index >= 15 is 0 Å². The van der Waals surface area contributed by atoms with Gasteiger partial charge in [0.05, 0.1) is 18.0 Å². The Morgan fingerprint density at radius 1 is 1.25 bits per heavy atom. The zero-order chi connectivity index (χ0) is 14.8. The molecule has 0 amide bonds. The number of rotatable bonds is 4. The van der Waals surface area contributed by atoms with Crippen LogP contribution in [0.4, 0.5) is 13.2 Å². The predicted octanol–water partition coefficient (Wildman–Crippen LogP) is 3.24. The summed E-state index contributed by atoms with van der Waals surface area (Å²) in [6.45, 7) is 1.44. The number of hydrogen-bond acceptors (Lipinski definition) is 3. The molecule has 0 aliphatic heterocycles. The maximum Gasteiger partial charge on any atom is 0.391 e. The van der Waals surface area contributed by atoms with Crippen molar-refractivity contribution in [1.29, 1.82) is 0 Å². The van der Waals surface area contributed by atoms with E-state index in [1.165, 1.54) is 0 Å². The maximum absolute atomic E-state index is 12.1. The molecule has 0 spiro atoms. The van der Waals surface area contributed by atoms with E-state index in [1.807, 2.05) is 6.92 Å². The molecule has 0 bridgehead atoms. The average molecular weight is 285 g/mol. The molecular weight excluding hydrogens is 271 g/mol. The molecule has 3 nitrogen and oxygen atoms in total. The van der Waals surface area contributed by atoms with Crippen LogP contribution in [0.15, 0.2) is 30.3 Å². The molecule has 0 aliphatic carbocycles. The molecular formula is C14H14F3NO2. The standard InChI is InChI=1S/C14H14F3NO2/c1-9-5-6-11-12(18-9)3-2-4-13(11)20-8-10(19)7-14(15,16)17/h2-6,10,19H,7-8H2,1H3/t10-/m0/s1. The molecule has 0 unspecified atom stereocenters. The summed E-state index contributed by atoms with van der Waals surface area (Å²) in [7, 11) is 0. The summed E-state index contributed by atoms with van der Waals surface area (Å²) in [5.74, 6) is 0.413. The van der Waals surface area contributed by atoms with Gasteiger partial charge in [0, 0.05) is 11.1 Å². The predicted molar refractivity (Wildman–Crippen MR) is 68.7 cm³/mol. The first-order valence-electron chi connectivity index (χ1n) is 6.09. The first kappa shape index (κ1) is 14.6. The van der Waals surface area contributed by atoms with Crippen LogP contribution in [0.3, 0.4) is 0 Å². The van der Waals surface area contributed by atoms with Gasteiger partial charge >= 0.3 is 6.18 Å². The number of alkyl halides is 3. The molecule has 20 heavy (non-hydrogen) atoms. The van der Waals surface area contributed by atoms with Crippen LogP contribution >= 0.6 is 0 Å². The summed E-state index contributed by atoms with van der Waals surface area (Å²) >= 11 is 0. The highest BCUT2D eigenvalue weighted by Crippen LogP contribution is 2.26. The fourth-order valence-corrected chi connectivity index (χ4v) is 1.87. The van der Waals surface area contributed by atoms with Crippen molar-refractivity contribution in [3.05, 3.63) is 36.0 Å². The van der Waals surface area contributed by atoms with Crippen molar-refractivity contribution in [2.45, 2.75) is 25.6 Å². The van der Waals surface area contributed by atoms with E-state index in [4.69, 9.17) is 4.74 Å². The fourth-order valence-electron chi connectivity index (χ4n) is 1.87. The Kier molecular flexibility index (Phi) is 4.13. The molecule has 0 aliphatic rings. The topological polar surface area (TPSA) is 42.4 Å². The van der Waals surface area contributed by atoms with Gasteiger partial charge in [-0.05, 0) is 31.2 Å². The number of hydrogen-bond donors (Lipinski definition) is 1. The fraction of sp³-hybridized carbons (Fsp3) is 0.357. The number of benzene rings is 1. The minimum atomic E-state index is -4.40. The number of aromatic nitrogens is 1. The number of aliphatic hydroxyl groups is 1. The van der Waals surface area contributed by atoms with Crippen molar-refractivity contribution in [2.75, 3.05) is 6.61 Å². The van der Waals surface area contributed by atoms with E-state index in [1.54, 1.807) is 30.3 Å². The lowest BCUT2D eigenvalue weighted by molar-refractivity contribution is -0.156. The zero-order valence-corrected chi connectivity index (χ0v) is 10.8. The number of aliphatic hydroxyl groups excluding tert-OH is 1. The second-order valence-corrected chi connectivity index (χ2v) is 4.56. The zero-order valence-electron chi connectivity index (χ0n) is 10.8. The molecule has 2 rings (SSSR count). The van der Waals surface area contributed by atoms with Crippen LogP contribution in [0.2, 0.25) is 0 Å². The lowest BCUT2D eigenvalue weighted by Crippen LogP contribution is -2.25. The molecule has 1 aromatic carbocycles. The van der Waals surface area contributed by atoms with Crippen LogP contribution in [0.1, 0.15) is 12.1 Å². The van der Waals surface area contributed by atoms with Crippen LogP contribution in [0.25, 0.3) is 10.9 Å². The highest BCUT2D eigenvalue weighted by atomic mass is 19.4. The Bertz CT molecular complexity index is 598. The van der Waals surface area contributed by atoms with E-state index in [9.17, 15) is 18.3 Å². The molecule has 108 valence electrons. The Labute approximate surface area is 114 Å². The van der Waals surface area contributed by atoms with Crippen LogP contribution < -0.4 is 4.74 Å². The molecule has 1 heterocycles. The summed E-state index contributed by atoms with van der Waals surface area (Å²) in [6, 6.07) is 8.73. The monoisotopic (exact) mass is 285 g/mol. The van der Waals surface area contributed by atoms with Gasteiger partial charge in [0.25, 0.3) is 0 Å². The molecule has 1 N–H and O–H groups in total. The number of nitrogens with zero attached hydrogens (tertiary/aromatic N) is 1. The van der Waals surface area contributed by atoms with E-state index in [0.717, 1.165) is 5.69 Å². The molecule has 0 radical (unpaired) electrons. The molecule has 6 heteroatoms. The van der Waals surface area contributed by atoms with Gasteiger partial charge in [-0.25, -0.2) is 0 Å². The van der Waals surface area contributed by atoms with Gasteiger partial charge in [0.15, 0.2) is 0 Å². The van der Waals surface area contributed by atoms with Gasteiger partial charge in [-0.2, -0.15) is 13.2 Å². The first-order chi connectivity index (χ1) is 9.35. The van der Waals surface area contributed by atoms with Gasteiger partial charge in [0.2, 0.25) is 0 Å². The maximum atomic E-state index is 12.1. The Hall–Kier alpha value is -1.82. The SMILES string of the molecule is Cc1ccc2c(OC[C@@H](O)CC(F)(F)F)cccc2n1. The van der Waals surface area contributed by atoms with Crippen LogP contribution in [-0.4, -0.2) is 29.0 Å². The molecule has 0 saturated heterocycles. The van der Waals surface area contributed by atoms with Gasteiger partial charge in [-0.3, -0.25) is 4.98 Å². The normalized spacial score (nSPS) is 13.4.